The van der Waals surface area contributed by atoms with Gasteiger partial charge in [0.25, 0.3) is 0 Å². The summed E-state index contributed by atoms with van der Waals surface area (Å²) >= 11 is 1.76. The van der Waals surface area contributed by atoms with Crippen molar-refractivity contribution in [3.63, 3.8) is 0 Å². The van der Waals surface area contributed by atoms with Gasteiger partial charge in [0.2, 0.25) is 5.06 Å². The summed E-state index contributed by atoms with van der Waals surface area (Å²) in [6, 6.07) is 0. The fourth-order valence-corrected chi connectivity index (χ4v) is 2.76. The lowest BCUT2D eigenvalue weighted by Crippen LogP contribution is -2.41. The second kappa shape index (κ2) is 2.50. The molecule has 0 saturated carbocycles. The van der Waals surface area contributed by atoms with Crippen LogP contribution in [0.2, 0.25) is 0 Å². The average molecular weight is 170 g/mol. The van der Waals surface area contributed by atoms with E-state index in [0.29, 0.717) is 0 Å². The van der Waals surface area contributed by atoms with E-state index in [4.69, 9.17) is 4.74 Å². The number of ether oxygens (including phenoxy) is 1. The molecule has 2 nitrogen and oxygen atoms in total. The molecule has 0 bridgehead atoms. The van der Waals surface area contributed by atoms with Gasteiger partial charge in [-0.3, -0.25) is 0 Å². The minimum Gasteiger partial charge on any atom is -0.483 e. The van der Waals surface area contributed by atoms with Crippen molar-refractivity contribution in [3.8, 4) is 5.06 Å². The predicted molar refractivity (Wildman–Crippen MR) is 45.4 cm³/mol. The summed E-state index contributed by atoms with van der Waals surface area (Å²) in [6.45, 7) is 0. The second-order valence-electron chi connectivity index (χ2n) is 2.83. The molecule has 3 heteroatoms. The second-order valence-corrected chi connectivity index (χ2v) is 3.90. The van der Waals surface area contributed by atoms with Crippen molar-refractivity contribution in [1.29, 1.82) is 0 Å². The topological polar surface area (TPSA) is 36.9 Å². The highest BCUT2D eigenvalue weighted by atomic mass is 32.1. The summed E-state index contributed by atoms with van der Waals surface area (Å²) in [4.78, 5) is 1.49. The number of fused-ring (bicyclic) bond motifs is 1. The number of rotatable bonds is 1. The van der Waals surface area contributed by atoms with Crippen molar-refractivity contribution in [2.45, 2.75) is 19.3 Å². The van der Waals surface area contributed by atoms with Crippen LogP contribution in [0.1, 0.15) is 16.9 Å². The molecule has 1 heterocycles. The van der Waals surface area contributed by atoms with Gasteiger partial charge in [-0.25, -0.2) is 0 Å². The molecule has 3 N–H and O–H groups in total. The SMILES string of the molecule is COc1sc2c(c1[NH3+])CCC2. The zero-order valence-electron chi connectivity index (χ0n) is 6.64. The molecular formula is C8H12NOS+. The summed E-state index contributed by atoms with van der Waals surface area (Å²) in [6.07, 6.45) is 3.73. The first-order chi connectivity index (χ1) is 5.33. The number of thiophene rings is 1. The lowest BCUT2D eigenvalue weighted by Gasteiger charge is -1.93. The molecule has 0 spiro atoms. The Balaban J connectivity index is 2.49. The first-order valence-corrected chi connectivity index (χ1v) is 4.65. The van der Waals surface area contributed by atoms with Gasteiger partial charge in [0.15, 0.2) is 5.69 Å². The van der Waals surface area contributed by atoms with E-state index in [1.54, 1.807) is 18.4 Å². The van der Waals surface area contributed by atoms with Gasteiger partial charge in [-0.1, -0.05) is 11.3 Å². The lowest BCUT2D eigenvalue weighted by atomic mass is 10.2. The lowest BCUT2D eigenvalue weighted by molar-refractivity contribution is -0.256. The van der Waals surface area contributed by atoms with Crippen molar-refractivity contribution < 1.29 is 10.5 Å². The van der Waals surface area contributed by atoms with Gasteiger partial charge in [0, 0.05) is 10.4 Å². The highest BCUT2D eigenvalue weighted by Crippen LogP contribution is 2.41. The number of aryl methyl sites for hydroxylation is 1. The van der Waals surface area contributed by atoms with Crippen molar-refractivity contribution in [2.24, 2.45) is 0 Å². The van der Waals surface area contributed by atoms with Gasteiger partial charge in [-0.05, 0) is 19.3 Å². The van der Waals surface area contributed by atoms with Crippen LogP contribution in [0.5, 0.6) is 5.06 Å². The van der Waals surface area contributed by atoms with E-state index in [9.17, 15) is 0 Å². The molecule has 2 rings (SSSR count). The molecule has 0 unspecified atom stereocenters. The van der Waals surface area contributed by atoms with E-state index in [2.05, 4.69) is 5.73 Å². The third-order valence-corrected chi connectivity index (χ3v) is 3.47. The van der Waals surface area contributed by atoms with Gasteiger partial charge in [0.05, 0.1) is 7.11 Å². The van der Waals surface area contributed by atoms with Crippen LogP contribution < -0.4 is 10.5 Å². The molecular weight excluding hydrogens is 158 g/mol. The van der Waals surface area contributed by atoms with Crippen LogP contribution in [0.3, 0.4) is 0 Å². The van der Waals surface area contributed by atoms with E-state index in [1.807, 2.05) is 0 Å². The van der Waals surface area contributed by atoms with Crippen molar-refractivity contribution in [2.75, 3.05) is 7.11 Å². The highest BCUT2D eigenvalue weighted by Gasteiger charge is 2.23. The standard InChI is InChI=1S/C8H11NOS/c1-10-8-7(9)5-3-2-4-6(5)11-8/h2-4,9H2,1H3/p+1. The van der Waals surface area contributed by atoms with Crippen LogP contribution in [-0.2, 0) is 12.8 Å². The van der Waals surface area contributed by atoms with Crippen LogP contribution >= 0.6 is 11.3 Å². The third kappa shape index (κ3) is 0.957. The molecule has 0 aliphatic heterocycles. The van der Waals surface area contributed by atoms with Crippen LogP contribution in [0.25, 0.3) is 0 Å². The Morgan fingerprint density at radius 3 is 2.91 bits per heavy atom. The number of hydrogen-bond acceptors (Lipinski definition) is 2. The molecule has 1 aromatic heterocycles. The van der Waals surface area contributed by atoms with E-state index in [0.717, 1.165) is 10.8 Å². The van der Waals surface area contributed by atoms with E-state index >= 15 is 0 Å². The van der Waals surface area contributed by atoms with E-state index in [-0.39, 0.29) is 0 Å². The zero-order valence-corrected chi connectivity index (χ0v) is 7.46. The van der Waals surface area contributed by atoms with Crippen LogP contribution in [0.15, 0.2) is 0 Å². The van der Waals surface area contributed by atoms with Crippen molar-refractivity contribution >= 4 is 17.0 Å². The first-order valence-electron chi connectivity index (χ1n) is 3.83. The highest BCUT2D eigenvalue weighted by molar-refractivity contribution is 7.14. The first kappa shape index (κ1) is 7.13. The van der Waals surface area contributed by atoms with Gasteiger partial charge in [-0.15, -0.1) is 0 Å². The van der Waals surface area contributed by atoms with Crippen LogP contribution in [-0.4, -0.2) is 7.11 Å². The maximum atomic E-state index is 5.20. The van der Waals surface area contributed by atoms with E-state index < -0.39 is 0 Å². The van der Waals surface area contributed by atoms with Crippen molar-refractivity contribution in [1.82, 2.24) is 0 Å². The molecule has 1 aliphatic carbocycles. The monoisotopic (exact) mass is 170 g/mol. The van der Waals surface area contributed by atoms with Crippen LogP contribution in [0, 0.1) is 0 Å². The Labute approximate surface area is 70.0 Å². The molecule has 0 aromatic carbocycles. The van der Waals surface area contributed by atoms with E-state index in [1.165, 1.54) is 29.7 Å². The number of hydrogen-bond donors (Lipinski definition) is 1. The Morgan fingerprint density at radius 2 is 2.27 bits per heavy atom. The molecule has 0 fully saturated rings. The minimum atomic E-state index is 1.01. The maximum Gasteiger partial charge on any atom is 0.236 e. The van der Waals surface area contributed by atoms with Crippen molar-refractivity contribution in [3.05, 3.63) is 10.4 Å². The third-order valence-electron chi connectivity index (χ3n) is 2.18. The molecule has 1 aliphatic rings. The molecule has 11 heavy (non-hydrogen) atoms. The normalized spacial score (nSPS) is 15.1. The Hall–Kier alpha value is -0.540. The molecule has 0 atom stereocenters. The molecule has 0 radical (unpaired) electrons. The fraction of sp³-hybridized carbons (Fsp3) is 0.500. The van der Waals surface area contributed by atoms with Gasteiger partial charge < -0.3 is 10.5 Å². The molecule has 0 amide bonds. The Morgan fingerprint density at radius 1 is 1.45 bits per heavy atom. The summed E-state index contributed by atoms with van der Waals surface area (Å²) < 4.78 is 5.20. The number of methoxy groups -OCH3 is 1. The quantitative estimate of drug-likeness (QED) is 0.673. The smallest absolute Gasteiger partial charge is 0.236 e. The summed E-state index contributed by atoms with van der Waals surface area (Å²) in [5.74, 6) is 0. The summed E-state index contributed by atoms with van der Waals surface area (Å²) in [5, 5.41) is 1.01. The molecule has 60 valence electrons. The predicted octanol–water partition coefficient (Wildman–Crippen LogP) is 1.12. The largest absolute Gasteiger partial charge is 0.483 e. The van der Waals surface area contributed by atoms with Gasteiger partial charge in [0.1, 0.15) is 0 Å². The zero-order chi connectivity index (χ0) is 7.84. The van der Waals surface area contributed by atoms with Gasteiger partial charge in [-0.2, -0.15) is 0 Å². The number of quaternary nitrogens is 1. The summed E-state index contributed by atoms with van der Waals surface area (Å²) in [5.41, 5.74) is 6.59. The Bertz CT molecular complexity index is 279. The molecule has 0 saturated heterocycles. The van der Waals surface area contributed by atoms with Gasteiger partial charge >= 0.3 is 0 Å². The fourth-order valence-electron chi connectivity index (χ4n) is 1.61. The maximum absolute atomic E-state index is 5.20. The minimum absolute atomic E-state index is 1.01. The summed E-state index contributed by atoms with van der Waals surface area (Å²) in [7, 11) is 1.72. The average Bonchev–Trinajstić information content (AvgIpc) is 2.53. The van der Waals surface area contributed by atoms with Crippen LogP contribution in [0.4, 0.5) is 5.69 Å². The molecule has 1 aromatic rings. The Kier molecular flexibility index (Phi) is 1.62.